The van der Waals surface area contributed by atoms with Crippen molar-refractivity contribution in [2.45, 2.75) is 13.5 Å². The van der Waals surface area contributed by atoms with E-state index in [4.69, 9.17) is 11.6 Å². The lowest BCUT2D eigenvalue weighted by Crippen LogP contribution is -2.24. The van der Waals surface area contributed by atoms with Gasteiger partial charge in [-0.1, -0.05) is 11.6 Å². The molecule has 0 amide bonds. The van der Waals surface area contributed by atoms with Gasteiger partial charge < -0.3 is 0 Å². The molecule has 2 heterocycles. The van der Waals surface area contributed by atoms with Gasteiger partial charge in [-0.05, 0) is 35.0 Å². The van der Waals surface area contributed by atoms with Crippen LogP contribution in [0.3, 0.4) is 0 Å². The summed E-state index contributed by atoms with van der Waals surface area (Å²) in [5.74, 6) is 0.639. The van der Waals surface area contributed by atoms with Gasteiger partial charge in [-0.3, -0.25) is 14.3 Å². The van der Waals surface area contributed by atoms with E-state index in [0.29, 0.717) is 21.9 Å². The van der Waals surface area contributed by atoms with E-state index in [1.807, 2.05) is 0 Å². The molecule has 4 nitrogen and oxygen atoms in total. The molecule has 2 rings (SSSR count). The van der Waals surface area contributed by atoms with Crippen molar-refractivity contribution in [3.63, 3.8) is 0 Å². The van der Waals surface area contributed by atoms with Crippen LogP contribution >= 0.6 is 27.5 Å². The molecule has 0 saturated heterocycles. The van der Waals surface area contributed by atoms with Crippen LogP contribution in [-0.2, 0) is 6.54 Å². The Hall–Kier alpha value is -1.20. The molecule has 0 N–H and O–H groups in total. The highest BCUT2D eigenvalue weighted by Gasteiger charge is 2.06. The molecular weight excluding hydrogens is 305 g/mol. The number of aryl methyl sites for hydroxylation is 1. The van der Waals surface area contributed by atoms with Crippen LogP contribution in [0.1, 0.15) is 11.5 Å². The molecule has 6 heteroatoms. The highest BCUT2D eigenvalue weighted by molar-refractivity contribution is 9.10. The molecule has 0 saturated carbocycles. The molecule has 0 aliphatic carbocycles. The van der Waals surface area contributed by atoms with Crippen LogP contribution in [0.5, 0.6) is 0 Å². The maximum Gasteiger partial charge on any atom is 0.268 e. The van der Waals surface area contributed by atoms with E-state index in [1.165, 1.54) is 6.20 Å². The second-order valence-electron chi connectivity index (χ2n) is 3.51. The van der Waals surface area contributed by atoms with Crippen LogP contribution in [0.15, 0.2) is 33.8 Å². The van der Waals surface area contributed by atoms with E-state index in [0.717, 1.165) is 5.69 Å². The molecule has 17 heavy (non-hydrogen) atoms. The Labute approximate surface area is 111 Å². The van der Waals surface area contributed by atoms with Crippen molar-refractivity contribution in [1.29, 1.82) is 0 Å². The molecular formula is C11H9BrClN3O. The first kappa shape index (κ1) is 12.3. The average Bonchev–Trinajstić information content (AvgIpc) is 2.30. The first-order valence-electron chi connectivity index (χ1n) is 4.90. The molecule has 0 unspecified atom stereocenters. The van der Waals surface area contributed by atoms with Crippen LogP contribution < -0.4 is 5.56 Å². The minimum atomic E-state index is -0.126. The predicted octanol–water partition coefficient (Wildman–Crippen LogP) is 2.41. The first-order chi connectivity index (χ1) is 8.08. The maximum absolute atomic E-state index is 11.9. The quantitative estimate of drug-likeness (QED) is 0.855. The highest BCUT2D eigenvalue weighted by atomic mass is 79.9. The van der Waals surface area contributed by atoms with Crippen LogP contribution in [0.2, 0.25) is 5.02 Å². The molecule has 0 aliphatic heterocycles. The fourth-order valence-corrected chi connectivity index (χ4v) is 1.93. The number of rotatable bonds is 2. The molecule has 2 aromatic rings. The Morgan fingerprint density at radius 1 is 1.47 bits per heavy atom. The third kappa shape index (κ3) is 2.73. The van der Waals surface area contributed by atoms with Crippen molar-refractivity contribution < 1.29 is 0 Å². The van der Waals surface area contributed by atoms with E-state index in [1.54, 1.807) is 29.8 Å². The molecule has 0 fully saturated rings. The summed E-state index contributed by atoms with van der Waals surface area (Å²) in [6.07, 6.45) is 3.11. The van der Waals surface area contributed by atoms with Crippen molar-refractivity contribution >= 4 is 27.5 Å². The fourth-order valence-electron chi connectivity index (χ4n) is 1.43. The topological polar surface area (TPSA) is 47.8 Å². The lowest BCUT2D eigenvalue weighted by Gasteiger charge is -2.08. The van der Waals surface area contributed by atoms with Gasteiger partial charge in [-0.15, -0.1) is 0 Å². The summed E-state index contributed by atoms with van der Waals surface area (Å²) in [5.41, 5.74) is 0.599. The normalized spacial score (nSPS) is 10.5. The lowest BCUT2D eigenvalue weighted by molar-refractivity contribution is 0.682. The summed E-state index contributed by atoms with van der Waals surface area (Å²) >= 11 is 9.04. The Kier molecular flexibility index (Phi) is 3.59. The third-order valence-corrected chi connectivity index (χ3v) is 3.08. The van der Waals surface area contributed by atoms with Crippen molar-refractivity contribution in [2.24, 2.45) is 0 Å². The number of hydrogen-bond acceptors (Lipinski definition) is 3. The van der Waals surface area contributed by atoms with Gasteiger partial charge in [0.15, 0.2) is 0 Å². The van der Waals surface area contributed by atoms with Crippen molar-refractivity contribution in [1.82, 2.24) is 14.5 Å². The van der Waals surface area contributed by atoms with E-state index in [-0.39, 0.29) is 5.56 Å². The molecule has 0 spiro atoms. The van der Waals surface area contributed by atoms with Crippen molar-refractivity contribution in [2.75, 3.05) is 0 Å². The number of aromatic nitrogens is 3. The van der Waals surface area contributed by atoms with Crippen LogP contribution in [0, 0.1) is 6.92 Å². The summed E-state index contributed by atoms with van der Waals surface area (Å²) in [6.45, 7) is 2.13. The monoisotopic (exact) mass is 313 g/mol. The molecule has 0 aliphatic rings. The summed E-state index contributed by atoms with van der Waals surface area (Å²) in [5, 5.41) is 0.601. The van der Waals surface area contributed by atoms with Gasteiger partial charge in [0.1, 0.15) is 10.3 Å². The zero-order valence-electron chi connectivity index (χ0n) is 9.02. The summed E-state index contributed by atoms with van der Waals surface area (Å²) in [4.78, 5) is 20.2. The van der Waals surface area contributed by atoms with Crippen LogP contribution in [0.4, 0.5) is 0 Å². The Morgan fingerprint density at radius 3 is 2.94 bits per heavy atom. The number of halogens is 2. The summed E-state index contributed by atoms with van der Waals surface area (Å²) < 4.78 is 1.98. The standard InChI is InChI=1S/C11H9BrClN3O/c1-7-15-5-10(12)11(17)16(7)6-9-4-8(13)2-3-14-9/h2-5H,6H2,1H3. The second kappa shape index (κ2) is 4.98. The third-order valence-electron chi connectivity index (χ3n) is 2.30. The Morgan fingerprint density at radius 2 is 2.24 bits per heavy atom. The molecule has 0 radical (unpaired) electrons. The van der Waals surface area contributed by atoms with Gasteiger partial charge in [0.05, 0.1) is 12.2 Å². The zero-order chi connectivity index (χ0) is 12.4. The van der Waals surface area contributed by atoms with Gasteiger partial charge in [-0.2, -0.15) is 0 Å². The average molecular weight is 315 g/mol. The van der Waals surface area contributed by atoms with Gasteiger partial charge in [0.25, 0.3) is 5.56 Å². The fraction of sp³-hybridized carbons (Fsp3) is 0.182. The van der Waals surface area contributed by atoms with Crippen molar-refractivity contribution in [3.8, 4) is 0 Å². The van der Waals surface area contributed by atoms with E-state index in [9.17, 15) is 4.79 Å². The smallest absolute Gasteiger partial charge is 0.268 e. The number of pyridine rings is 1. The van der Waals surface area contributed by atoms with E-state index >= 15 is 0 Å². The van der Waals surface area contributed by atoms with E-state index < -0.39 is 0 Å². The maximum atomic E-state index is 11.9. The number of hydrogen-bond donors (Lipinski definition) is 0. The number of nitrogens with zero attached hydrogens (tertiary/aromatic N) is 3. The minimum Gasteiger partial charge on any atom is -0.290 e. The van der Waals surface area contributed by atoms with Crippen LogP contribution in [-0.4, -0.2) is 14.5 Å². The Balaban J connectivity index is 2.43. The second-order valence-corrected chi connectivity index (χ2v) is 4.80. The lowest BCUT2D eigenvalue weighted by atomic mass is 10.3. The first-order valence-corrected chi connectivity index (χ1v) is 6.07. The van der Waals surface area contributed by atoms with Gasteiger partial charge >= 0.3 is 0 Å². The largest absolute Gasteiger partial charge is 0.290 e. The summed E-state index contributed by atoms with van der Waals surface area (Å²) in [6, 6.07) is 3.42. The summed E-state index contributed by atoms with van der Waals surface area (Å²) in [7, 11) is 0. The van der Waals surface area contributed by atoms with E-state index in [2.05, 4.69) is 25.9 Å². The molecule has 0 atom stereocenters. The van der Waals surface area contributed by atoms with Gasteiger partial charge in [0, 0.05) is 17.4 Å². The zero-order valence-corrected chi connectivity index (χ0v) is 11.4. The Bertz CT molecular complexity index is 612. The van der Waals surface area contributed by atoms with Crippen LogP contribution in [0.25, 0.3) is 0 Å². The molecule has 0 aromatic carbocycles. The van der Waals surface area contributed by atoms with Crippen molar-refractivity contribution in [3.05, 3.63) is 55.9 Å². The van der Waals surface area contributed by atoms with Gasteiger partial charge in [0.2, 0.25) is 0 Å². The molecule has 88 valence electrons. The molecule has 0 bridgehead atoms. The predicted molar refractivity (Wildman–Crippen MR) is 69.3 cm³/mol. The molecule has 2 aromatic heterocycles. The van der Waals surface area contributed by atoms with Gasteiger partial charge in [-0.25, -0.2) is 4.98 Å². The highest BCUT2D eigenvalue weighted by Crippen LogP contribution is 2.09. The SMILES string of the molecule is Cc1ncc(Br)c(=O)n1Cc1cc(Cl)ccn1. The minimum absolute atomic E-state index is 0.126.